The zero-order valence-corrected chi connectivity index (χ0v) is 11.8. The normalized spacial score (nSPS) is 11.8. The molecule has 0 radical (unpaired) electrons. The Bertz CT molecular complexity index is 482. The highest BCUT2D eigenvalue weighted by Gasteiger charge is 2.10. The maximum atomic E-state index is 10.7. The lowest BCUT2D eigenvalue weighted by Crippen LogP contribution is -2.03. The van der Waals surface area contributed by atoms with Gasteiger partial charge in [0.2, 0.25) is 9.05 Å². The van der Waals surface area contributed by atoms with Gasteiger partial charge in [0.05, 0.1) is 18.1 Å². The van der Waals surface area contributed by atoms with E-state index in [1.54, 1.807) is 4.68 Å². The van der Waals surface area contributed by atoms with Crippen molar-refractivity contribution in [1.29, 1.82) is 0 Å². The maximum Gasteiger partial charge on any atom is 0.232 e. The summed E-state index contributed by atoms with van der Waals surface area (Å²) in [5.41, 5.74) is 1.81. The van der Waals surface area contributed by atoms with Gasteiger partial charge in [-0.3, -0.25) is 4.68 Å². The van der Waals surface area contributed by atoms with Crippen LogP contribution in [0.25, 0.3) is 0 Å². The van der Waals surface area contributed by atoms with E-state index in [1.807, 2.05) is 20.9 Å². The third-order valence-electron chi connectivity index (χ3n) is 2.47. The van der Waals surface area contributed by atoms with Crippen LogP contribution in [-0.2, 0) is 16.1 Å². The Kier molecular flexibility index (Phi) is 4.82. The average molecular weight is 281 g/mol. The van der Waals surface area contributed by atoms with Gasteiger partial charge in [-0.2, -0.15) is 5.10 Å². The minimum absolute atomic E-state index is 0.0110. The van der Waals surface area contributed by atoms with Crippen LogP contribution in [0.5, 0.6) is 5.75 Å². The van der Waals surface area contributed by atoms with Gasteiger partial charge >= 0.3 is 0 Å². The van der Waals surface area contributed by atoms with Crippen molar-refractivity contribution >= 4 is 19.7 Å². The summed E-state index contributed by atoms with van der Waals surface area (Å²) < 4.78 is 28.7. The van der Waals surface area contributed by atoms with Crippen LogP contribution < -0.4 is 4.74 Å². The molecule has 5 nitrogen and oxygen atoms in total. The summed E-state index contributed by atoms with van der Waals surface area (Å²) in [5, 5.41) is 4.22. The van der Waals surface area contributed by atoms with Crippen molar-refractivity contribution in [2.75, 3.05) is 12.4 Å². The maximum absolute atomic E-state index is 10.7. The molecule has 1 aromatic rings. The summed E-state index contributed by atoms with van der Waals surface area (Å²) in [7, 11) is 3.58. The number of rotatable bonds is 6. The number of hydrogen-bond donors (Lipinski definition) is 0. The topological polar surface area (TPSA) is 61.2 Å². The lowest BCUT2D eigenvalue weighted by atomic mass is 10.3. The van der Waals surface area contributed by atoms with Gasteiger partial charge in [0.1, 0.15) is 5.69 Å². The molecule has 1 aromatic heterocycles. The fraction of sp³-hybridized carbons (Fsp3) is 0.700. The third-order valence-corrected chi connectivity index (χ3v) is 3.71. The minimum Gasteiger partial charge on any atom is -0.490 e. The second-order valence-corrected chi connectivity index (χ2v) is 6.82. The zero-order valence-electron chi connectivity index (χ0n) is 10.2. The highest BCUT2D eigenvalue weighted by Crippen LogP contribution is 2.21. The van der Waals surface area contributed by atoms with E-state index in [2.05, 4.69) is 5.10 Å². The number of nitrogens with zero attached hydrogens (tertiary/aromatic N) is 2. The van der Waals surface area contributed by atoms with Crippen LogP contribution in [0.4, 0.5) is 0 Å². The molecule has 0 aliphatic rings. The van der Waals surface area contributed by atoms with Crippen LogP contribution in [0.3, 0.4) is 0 Å². The molecule has 0 amide bonds. The molecule has 1 heterocycles. The zero-order chi connectivity index (χ0) is 13.1. The molecule has 98 valence electrons. The van der Waals surface area contributed by atoms with Gasteiger partial charge in [-0.15, -0.1) is 0 Å². The molecular weight excluding hydrogens is 264 g/mol. The largest absolute Gasteiger partial charge is 0.490 e. The van der Waals surface area contributed by atoms with Gasteiger partial charge in [-0.05, 0) is 26.7 Å². The number of unbranched alkanes of at least 4 members (excludes halogenated alkanes) is 1. The number of halogens is 1. The molecule has 0 saturated carbocycles. The standard InChI is InChI=1S/C10H17ClN2O3S/c1-8-10(9(2)13(3)12-8)16-6-4-5-7-17(11,14)15/h4-7H2,1-3H3. The molecule has 0 atom stereocenters. The van der Waals surface area contributed by atoms with Crippen LogP contribution in [0.2, 0.25) is 0 Å². The van der Waals surface area contributed by atoms with Crippen molar-refractivity contribution in [3.8, 4) is 5.75 Å². The molecule has 17 heavy (non-hydrogen) atoms. The van der Waals surface area contributed by atoms with Crippen molar-refractivity contribution in [3.05, 3.63) is 11.4 Å². The first-order valence-electron chi connectivity index (χ1n) is 5.36. The Morgan fingerprint density at radius 3 is 2.47 bits per heavy atom. The first-order valence-corrected chi connectivity index (χ1v) is 7.84. The van der Waals surface area contributed by atoms with Gasteiger partial charge in [0, 0.05) is 17.7 Å². The summed E-state index contributed by atoms with van der Waals surface area (Å²) in [6, 6.07) is 0. The Morgan fingerprint density at radius 2 is 2.00 bits per heavy atom. The molecule has 0 aliphatic heterocycles. The van der Waals surface area contributed by atoms with Crippen LogP contribution in [-0.4, -0.2) is 30.6 Å². The summed E-state index contributed by atoms with van der Waals surface area (Å²) in [6.45, 7) is 4.28. The highest BCUT2D eigenvalue weighted by atomic mass is 35.7. The fourth-order valence-electron chi connectivity index (χ4n) is 1.51. The fourth-order valence-corrected chi connectivity index (χ4v) is 2.39. The van der Waals surface area contributed by atoms with Crippen LogP contribution in [0.15, 0.2) is 0 Å². The Balaban J connectivity index is 2.37. The lowest BCUT2D eigenvalue weighted by Gasteiger charge is -2.05. The van der Waals surface area contributed by atoms with Crippen LogP contribution >= 0.6 is 10.7 Å². The summed E-state index contributed by atoms with van der Waals surface area (Å²) in [5.74, 6) is 0.768. The summed E-state index contributed by atoms with van der Waals surface area (Å²) in [6.07, 6.45) is 1.16. The molecule has 7 heteroatoms. The van der Waals surface area contributed by atoms with E-state index in [1.165, 1.54) is 0 Å². The van der Waals surface area contributed by atoms with E-state index in [0.717, 1.165) is 17.1 Å². The molecule has 0 bridgehead atoms. The Morgan fingerprint density at radius 1 is 1.35 bits per heavy atom. The van der Waals surface area contributed by atoms with Gasteiger partial charge < -0.3 is 4.74 Å². The van der Waals surface area contributed by atoms with Gasteiger partial charge in [-0.1, -0.05) is 0 Å². The van der Waals surface area contributed by atoms with Gasteiger partial charge in [-0.25, -0.2) is 8.42 Å². The predicted octanol–water partition coefficient (Wildman–Crippen LogP) is 1.76. The molecule has 0 saturated heterocycles. The molecule has 1 rings (SSSR count). The first kappa shape index (κ1) is 14.3. The highest BCUT2D eigenvalue weighted by molar-refractivity contribution is 8.13. The number of hydrogen-bond acceptors (Lipinski definition) is 4. The van der Waals surface area contributed by atoms with Crippen molar-refractivity contribution in [3.63, 3.8) is 0 Å². The number of aromatic nitrogens is 2. The number of ether oxygens (including phenoxy) is 1. The average Bonchev–Trinajstić information content (AvgIpc) is 2.42. The third kappa shape index (κ3) is 4.55. The van der Waals surface area contributed by atoms with Crippen molar-refractivity contribution in [2.24, 2.45) is 7.05 Å². The first-order chi connectivity index (χ1) is 7.81. The van der Waals surface area contributed by atoms with Crippen molar-refractivity contribution in [2.45, 2.75) is 26.7 Å². The second kappa shape index (κ2) is 5.73. The predicted molar refractivity (Wildman–Crippen MR) is 67.1 cm³/mol. The molecular formula is C10H17ClN2O3S. The Hall–Kier alpha value is -0.750. The van der Waals surface area contributed by atoms with E-state index in [9.17, 15) is 8.42 Å². The van der Waals surface area contributed by atoms with E-state index >= 15 is 0 Å². The van der Waals surface area contributed by atoms with E-state index in [0.29, 0.717) is 19.4 Å². The summed E-state index contributed by atoms with van der Waals surface area (Å²) >= 11 is 0. The van der Waals surface area contributed by atoms with E-state index in [-0.39, 0.29) is 5.75 Å². The van der Waals surface area contributed by atoms with Gasteiger partial charge in [0.15, 0.2) is 5.75 Å². The smallest absolute Gasteiger partial charge is 0.232 e. The molecule has 0 N–H and O–H groups in total. The van der Waals surface area contributed by atoms with Crippen LogP contribution in [0.1, 0.15) is 24.2 Å². The molecule has 0 aliphatic carbocycles. The monoisotopic (exact) mass is 280 g/mol. The van der Waals surface area contributed by atoms with E-state index < -0.39 is 9.05 Å². The summed E-state index contributed by atoms with van der Waals surface area (Å²) in [4.78, 5) is 0. The minimum atomic E-state index is -3.38. The quantitative estimate of drug-likeness (QED) is 0.588. The number of aryl methyl sites for hydroxylation is 2. The van der Waals surface area contributed by atoms with E-state index in [4.69, 9.17) is 15.4 Å². The van der Waals surface area contributed by atoms with Crippen molar-refractivity contribution in [1.82, 2.24) is 9.78 Å². The SMILES string of the molecule is Cc1nn(C)c(C)c1OCCCCS(=O)(=O)Cl. The van der Waals surface area contributed by atoms with Crippen molar-refractivity contribution < 1.29 is 13.2 Å². The second-order valence-electron chi connectivity index (χ2n) is 3.92. The Labute approximate surface area is 106 Å². The van der Waals surface area contributed by atoms with Gasteiger partial charge in [0.25, 0.3) is 0 Å². The molecule has 0 aromatic carbocycles. The molecule has 0 spiro atoms. The van der Waals surface area contributed by atoms with Crippen LogP contribution in [0, 0.1) is 13.8 Å². The molecule has 0 unspecified atom stereocenters. The molecule has 0 fully saturated rings. The lowest BCUT2D eigenvalue weighted by molar-refractivity contribution is 0.305.